The molecule has 1 aliphatic carbocycles. The lowest BCUT2D eigenvalue weighted by Gasteiger charge is -2.34. The normalized spacial score (nSPS) is 25.8. The molecule has 0 unspecified atom stereocenters. The monoisotopic (exact) mass is 310 g/mol. The van der Waals surface area contributed by atoms with Gasteiger partial charge in [0.05, 0.1) is 0 Å². The predicted molar refractivity (Wildman–Crippen MR) is 85.5 cm³/mol. The SMILES string of the molecule is CCCc1n[nH]c(=S)n1CC(=O)N[C@@H]1CCC[C@@H](C)[C@@H]1C. The summed E-state index contributed by atoms with van der Waals surface area (Å²) in [5, 5.41) is 10.2. The lowest BCUT2D eigenvalue weighted by atomic mass is 9.78. The molecule has 2 rings (SSSR count). The first-order chi connectivity index (χ1) is 10.0. The molecule has 0 aromatic carbocycles. The van der Waals surface area contributed by atoms with Crippen LogP contribution in [-0.2, 0) is 17.8 Å². The Morgan fingerprint density at radius 3 is 2.95 bits per heavy atom. The minimum absolute atomic E-state index is 0.0378. The standard InChI is InChI=1S/C15H26N4OS/c1-4-6-13-17-18-15(21)19(13)9-14(20)16-12-8-5-7-10(2)11(12)3/h10-12H,4-9H2,1-3H3,(H,16,20)(H,18,21)/t10-,11+,12-/m1/s1. The van der Waals surface area contributed by atoms with Crippen LogP contribution in [0.15, 0.2) is 0 Å². The lowest BCUT2D eigenvalue weighted by molar-refractivity contribution is -0.123. The summed E-state index contributed by atoms with van der Waals surface area (Å²) in [5.74, 6) is 2.12. The van der Waals surface area contributed by atoms with E-state index in [0.717, 1.165) is 25.1 Å². The first-order valence-corrected chi connectivity index (χ1v) is 8.37. The first kappa shape index (κ1) is 16.2. The van der Waals surface area contributed by atoms with Crippen molar-refractivity contribution in [2.45, 2.75) is 65.5 Å². The molecule has 1 aromatic heterocycles. The Labute approximate surface area is 131 Å². The number of nitrogens with one attached hydrogen (secondary N) is 2. The fourth-order valence-corrected chi connectivity index (χ4v) is 3.33. The maximum Gasteiger partial charge on any atom is 0.240 e. The van der Waals surface area contributed by atoms with Crippen LogP contribution < -0.4 is 5.32 Å². The third kappa shape index (κ3) is 3.93. The van der Waals surface area contributed by atoms with Gasteiger partial charge < -0.3 is 5.32 Å². The van der Waals surface area contributed by atoms with Crippen LogP contribution in [0.4, 0.5) is 0 Å². The molecule has 1 heterocycles. The number of rotatable bonds is 5. The molecule has 0 radical (unpaired) electrons. The average Bonchev–Trinajstić information content (AvgIpc) is 2.77. The van der Waals surface area contributed by atoms with Crippen molar-refractivity contribution in [3.8, 4) is 0 Å². The van der Waals surface area contributed by atoms with Gasteiger partial charge in [-0.25, -0.2) is 0 Å². The molecular formula is C15H26N4OS. The molecule has 0 aliphatic heterocycles. The topological polar surface area (TPSA) is 62.7 Å². The van der Waals surface area contributed by atoms with E-state index in [1.54, 1.807) is 0 Å². The van der Waals surface area contributed by atoms with Gasteiger partial charge in [0.2, 0.25) is 5.91 Å². The molecule has 0 spiro atoms. The second kappa shape index (κ2) is 7.20. The van der Waals surface area contributed by atoms with Crippen molar-refractivity contribution in [1.82, 2.24) is 20.1 Å². The number of H-pyrrole nitrogens is 1. The van der Waals surface area contributed by atoms with Crippen LogP contribution in [0.1, 0.15) is 52.3 Å². The Bertz CT molecular complexity index is 536. The molecule has 1 aromatic rings. The summed E-state index contributed by atoms with van der Waals surface area (Å²) < 4.78 is 2.34. The van der Waals surface area contributed by atoms with E-state index in [2.05, 4.69) is 36.3 Å². The fourth-order valence-electron chi connectivity index (χ4n) is 3.11. The molecule has 21 heavy (non-hydrogen) atoms. The van der Waals surface area contributed by atoms with E-state index >= 15 is 0 Å². The van der Waals surface area contributed by atoms with Crippen molar-refractivity contribution < 1.29 is 4.79 Å². The van der Waals surface area contributed by atoms with Crippen LogP contribution in [0.25, 0.3) is 0 Å². The van der Waals surface area contributed by atoms with Gasteiger partial charge in [0.15, 0.2) is 4.77 Å². The number of aryl methyl sites for hydroxylation is 1. The van der Waals surface area contributed by atoms with E-state index in [1.165, 1.54) is 12.8 Å². The van der Waals surface area contributed by atoms with Crippen molar-refractivity contribution in [2.75, 3.05) is 0 Å². The summed E-state index contributed by atoms with van der Waals surface area (Å²) in [6.07, 6.45) is 5.36. The number of hydrogen-bond donors (Lipinski definition) is 2. The molecule has 2 N–H and O–H groups in total. The van der Waals surface area contributed by atoms with Gasteiger partial charge in [-0.2, -0.15) is 5.10 Å². The van der Waals surface area contributed by atoms with Gasteiger partial charge in [-0.05, 0) is 36.9 Å². The predicted octanol–water partition coefficient (Wildman–Crippen LogP) is 2.83. The van der Waals surface area contributed by atoms with E-state index in [9.17, 15) is 4.79 Å². The number of nitrogens with zero attached hydrogens (tertiary/aromatic N) is 2. The Kier molecular flexibility index (Phi) is 5.56. The van der Waals surface area contributed by atoms with Gasteiger partial charge >= 0.3 is 0 Å². The fraction of sp³-hybridized carbons (Fsp3) is 0.800. The molecule has 3 atom stereocenters. The Morgan fingerprint density at radius 2 is 2.24 bits per heavy atom. The summed E-state index contributed by atoms with van der Waals surface area (Å²) in [6, 6.07) is 0.289. The van der Waals surface area contributed by atoms with Crippen LogP contribution >= 0.6 is 12.2 Å². The number of aromatic nitrogens is 3. The summed E-state index contributed by atoms with van der Waals surface area (Å²) in [4.78, 5) is 12.3. The zero-order valence-corrected chi connectivity index (χ0v) is 14.0. The first-order valence-electron chi connectivity index (χ1n) is 7.96. The van der Waals surface area contributed by atoms with Crippen molar-refractivity contribution >= 4 is 18.1 Å². The highest BCUT2D eigenvalue weighted by Crippen LogP contribution is 2.29. The van der Waals surface area contributed by atoms with E-state index in [0.29, 0.717) is 16.6 Å². The van der Waals surface area contributed by atoms with Crippen LogP contribution in [0.5, 0.6) is 0 Å². The van der Waals surface area contributed by atoms with Crippen molar-refractivity contribution in [1.29, 1.82) is 0 Å². The Balaban J connectivity index is 1.98. The smallest absolute Gasteiger partial charge is 0.240 e. The number of carbonyl (C=O) groups is 1. The van der Waals surface area contributed by atoms with Gasteiger partial charge in [-0.15, -0.1) is 0 Å². The molecular weight excluding hydrogens is 284 g/mol. The molecule has 118 valence electrons. The van der Waals surface area contributed by atoms with Crippen molar-refractivity contribution in [3.05, 3.63) is 10.6 Å². The highest BCUT2D eigenvalue weighted by Gasteiger charge is 2.28. The van der Waals surface area contributed by atoms with Crippen molar-refractivity contribution in [2.24, 2.45) is 11.8 Å². The van der Waals surface area contributed by atoms with Crippen molar-refractivity contribution in [3.63, 3.8) is 0 Å². The van der Waals surface area contributed by atoms with Crippen LogP contribution in [-0.4, -0.2) is 26.7 Å². The third-order valence-electron chi connectivity index (χ3n) is 4.67. The van der Waals surface area contributed by atoms with Gasteiger partial charge in [0.25, 0.3) is 0 Å². The van der Waals surface area contributed by atoms with Crippen LogP contribution in [0.2, 0.25) is 0 Å². The van der Waals surface area contributed by atoms with Gasteiger partial charge in [0, 0.05) is 12.5 Å². The van der Waals surface area contributed by atoms with Gasteiger partial charge in [0.1, 0.15) is 12.4 Å². The van der Waals surface area contributed by atoms with Gasteiger partial charge in [-0.1, -0.05) is 33.6 Å². The van der Waals surface area contributed by atoms with E-state index in [4.69, 9.17) is 12.2 Å². The molecule has 1 saturated carbocycles. The molecule has 5 nitrogen and oxygen atoms in total. The zero-order chi connectivity index (χ0) is 15.4. The summed E-state index contributed by atoms with van der Waals surface area (Å²) >= 11 is 5.22. The number of amides is 1. The number of carbonyl (C=O) groups excluding carboxylic acids is 1. The highest BCUT2D eigenvalue weighted by molar-refractivity contribution is 7.71. The molecule has 6 heteroatoms. The largest absolute Gasteiger partial charge is 0.352 e. The number of hydrogen-bond acceptors (Lipinski definition) is 3. The van der Waals surface area contributed by atoms with Gasteiger partial charge in [-0.3, -0.25) is 14.5 Å². The zero-order valence-electron chi connectivity index (χ0n) is 13.2. The average molecular weight is 310 g/mol. The Hall–Kier alpha value is -1.17. The molecule has 0 bridgehead atoms. The maximum absolute atomic E-state index is 12.3. The molecule has 1 fully saturated rings. The maximum atomic E-state index is 12.3. The lowest BCUT2D eigenvalue weighted by Crippen LogP contribution is -2.44. The summed E-state index contributed by atoms with van der Waals surface area (Å²) in [5.41, 5.74) is 0. The van der Waals surface area contributed by atoms with E-state index in [1.807, 2.05) is 4.57 Å². The van der Waals surface area contributed by atoms with Crippen LogP contribution in [0.3, 0.4) is 0 Å². The second-order valence-corrected chi connectivity index (χ2v) is 6.61. The molecule has 1 aliphatic rings. The number of aromatic amines is 1. The minimum atomic E-state index is 0.0378. The van der Waals surface area contributed by atoms with Crippen LogP contribution in [0, 0.1) is 16.6 Å². The quantitative estimate of drug-likeness (QED) is 0.822. The second-order valence-electron chi connectivity index (χ2n) is 6.22. The third-order valence-corrected chi connectivity index (χ3v) is 4.98. The molecule has 0 saturated heterocycles. The summed E-state index contributed by atoms with van der Waals surface area (Å²) in [6.45, 7) is 6.87. The highest BCUT2D eigenvalue weighted by atomic mass is 32.1. The molecule has 1 amide bonds. The summed E-state index contributed by atoms with van der Waals surface area (Å²) in [7, 11) is 0. The van der Waals surface area contributed by atoms with E-state index < -0.39 is 0 Å². The minimum Gasteiger partial charge on any atom is -0.352 e. The Morgan fingerprint density at radius 1 is 1.48 bits per heavy atom. The van der Waals surface area contributed by atoms with E-state index in [-0.39, 0.29) is 18.5 Å².